The molecule has 0 spiro atoms. The van der Waals surface area contributed by atoms with E-state index >= 15 is 0 Å². The zero-order valence-electron chi connectivity index (χ0n) is 14.5. The summed E-state index contributed by atoms with van der Waals surface area (Å²) < 4.78 is 5.05. The van der Waals surface area contributed by atoms with Crippen molar-refractivity contribution in [2.45, 2.75) is 25.3 Å². The lowest BCUT2D eigenvalue weighted by atomic mass is 9.98. The first-order chi connectivity index (χ1) is 11.9. The SMILES string of the molecule is COCC(C)(CC(=O)O)NC(=O)Cc1ccc(-c2ccccc2)cc1. The van der Waals surface area contributed by atoms with E-state index in [0.29, 0.717) is 0 Å². The van der Waals surface area contributed by atoms with Crippen LogP contribution in [0.3, 0.4) is 0 Å². The summed E-state index contributed by atoms with van der Waals surface area (Å²) in [6, 6.07) is 17.8. The third-order valence-electron chi connectivity index (χ3n) is 3.87. The Balaban J connectivity index is 2.01. The second kappa shape index (κ2) is 8.44. The van der Waals surface area contributed by atoms with Crippen LogP contribution in [0.4, 0.5) is 0 Å². The van der Waals surface area contributed by atoms with Gasteiger partial charge in [0, 0.05) is 7.11 Å². The van der Waals surface area contributed by atoms with Crippen LogP contribution in [0.25, 0.3) is 11.1 Å². The molecular formula is C20H23NO4. The molecule has 132 valence electrons. The van der Waals surface area contributed by atoms with E-state index in [0.717, 1.165) is 16.7 Å². The Morgan fingerprint density at radius 3 is 2.20 bits per heavy atom. The Morgan fingerprint density at radius 2 is 1.64 bits per heavy atom. The van der Waals surface area contributed by atoms with E-state index in [1.807, 2.05) is 54.6 Å². The number of carbonyl (C=O) groups is 2. The zero-order chi connectivity index (χ0) is 18.3. The number of aliphatic carboxylic acids is 1. The number of rotatable bonds is 8. The van der Waals surface area contributed by atoms with Gasteiger partial charge in [-0.3, -0.25) is 9.59 Å². The van der Waals surface area contributed by atoms with Crippen LogP contribution in [-0.2, 0) is 20.7 Å². The van der Waals surface area contributed by atoms with Gasteiger partial charge >= 0.3 is 5.97 Å². The summed E-state index contributed by atoms with van der Waals surface area (Å²) in [6.07, 6.45) is -0.00643. The fourth-order valence-corrected chi connectivity index (χ4v) is 2.80. The van der Waals surface area contributed by atoms with E-state index in [-0.39, 0.29) is 25.4 Å². The average Bonchev–Trinajstić information content (AvgIpc) is 2.55. The average molecular weight is 341 g/mol. The first-order valence-corrected chi connectivity index (χ1v) is 8.08. The predicted molar refractivity (Wildman–Crippen MR) is 96.3 cm³/mol. The van der Waals surface area contributed by atoms with Crippen LogP contribution in [0.15, 0.2) is 54.6 Å². The van der Waals surface area contributed by atoms with E-state index in [4.69, 9.17) is 9.84 Å². The van der Waals surface area contributed by atoms with Crippen LogP contribution in [-0.4, -0.2) is 36.2 Å². The maximum atomic E-state index is 12.3. The molecule has 5 heteroatoms. The summed E-state index contributed by atoms with van der Waals surface area (Å²) in [5.74, 6) is -1.21. The molecule has 2 rings (SSSR count). The van der Waals surface area contributed by atoms with Gasteiger partial charge in [0.05, 0.1) is 25.0 Å². The number of amides is 1. The highest BCUT2D eigenvalue weighted by atomic mass is 16.5. The molecule has 0 bridgehead atoms. The Morgan fingerprint density at radius 1 is 1.04 bits per heavy atom. The van der Waals surface area contributed by atoms with Crippen molar-refractivity contribution in [1.82, 2.24) is 5.32 Å². The second-order valence-corrected chi connectivity index (χ2v) is 6.35. The van der Waals surface area contributed by atoms with Crippen molar-refractivity contribution in [2.24, 2.45) is 0 Å². The number of benzene rings is 2. The highest BCUT2D eigenvalue weighted by Gasteiger charge is 2.29. The van der Waals surface area contributed by atoms with E-state index < -0.39 is 11.5 Å². The molecule has 0 heterocycles. The third kappa shape index (κ3) is 5.72. The van der Waals surface area contributed by atoms with Gasteiger partial charge in [0.15, 0.2) is 0 Å². The van der Waals surface area contributed by atoms with Gasteiger partial charge in [-0.15, -0.1) is 0 Å². The quantitative estimate of drug-likeness (QED) is 0.774. The Hall–Kier alpha value is -2.66. The number of carboxylic acids is 1. The van der Waals surface area contributed by atoms with E-state index in [1.165, 1.54) is 7.11 Å². The maximum Gasteiger partial charge on any atom is 0.305 e. The standard InChI is InChI=1S/C20H23NO4/c1-20(14-25-2,13-19(23)24)21-18(22)12-15-8-10-17(11-9-15)16-6-4-3-5-7-16/h3-11H,12-14H2,1-2H3,(H,21,22)(H,23,24). The number of carboxylic acid groups (broad SMARTS) is 1. The van der Waals surface area contributed by atoms with Crippen molar-refractivity contribution in [3.05, 3.63) is 60.2 Å². The molecule has 2 N–H and O–H groups in total. The molecule has 0 saturated heterocycles. The van der Waals surface area contributed by atoms with Crippen LogP contribution in [0, 0.1) is 0 Å². The number of ether oxygens (including phenoxy) is 1. The van der Waals surface area contributed by atoms with Gasteiger partial charge in [-0.1, -0.05) is 54.6 Å². The monoisotopic (exact) mass is 341 g/mol. The molecule has 1 atom stereocenters. The van der Waals surface area contributed by atoms with Crippen LogP contribution >= 0.6 is 0 Å². The Kier molecular flexibility index (Phi) is 6.31. The third-order valence-corrected chi connectivity index (χ3v) is 3.87. The lowest BCUT2D eigenvalue weighted by Crippen LogP contribution is -2.51. The van der Waals surface area contributed by atoms with Crippen LogP contribution in [0.5, 0.6) is 0 Å². The summed E-state index contributed by atoms with van der Waals surface area (Å²) >= 11 is 0. The van der Waals surface area contributed by atoms with Gasteiger partial charge in [0.1, 0.15) is 0 Å². The summed E-state index contributed by atoms with van der Waals surface area (Å²) in [7, 11) is 1.48. The molecule has 0 radical (unpaired) electrons. The fraction of sp³-hybridized carbons (Fsp3) is 0.300. The molecule has 0 fully saturated rings. The maximum absolute atomic E-state index is 12.3. The van der Waals surface area contributed by atoms with Crippen molar-refractivity contribution < 1.29 is 19.4 Å². The number of methoxy groups -OCH3 is 1. The second-order valence-electron chi connectivity index (χ2n) is 6.35. The molecule has 1 amide bonds. The number of hydrogen-bond donors (Lipinski definition) is 2. The Labute approximate surface area is 147 Å². The molecule has 0 saturated carbocycles. The summed E-state index contributed by atoms with van der Waals surface area (Å²) in [5, 5.41) is 11.8. The Bertz CT molecular complexity index is 712. The van der Waals surface area contributed by atoms with Gasteiger partial charge in [0.2, 0.25) is 5.91 Å². The molecule has 0 aliphatic carbocycles. The zero-order valence-corrected chi connectivity index (χ0v) is 14.5. The summed E-state index contributed by atoms with van der Waals surface area (Å²) in [4.78, 5) is 23.3. The molecule has 0 aromatic heterocycles. The molecule has 1 unspecified atom stereocenters. The van der Waals surface area contributed by atoms with E-state index in [9.17, 15) is 9.59 Å². The van der Waals surface area contributed by atoms with Crippen molar-refractivity contribution in [1.29, 1.82) is 0 Å². The van der Waals surface area contributed by atoms with Gasteiger partial charge in [-0.2, -0.15) is 0 Å². The van der Waals surface area contributed by atoms with Crippen LogP contribution < -0.4 is 5.32 Å². The lowest BCUT2D eigenvalue weighted by Gasteiger charge is -2.28. The topological polar surface area (TPSA) is 75.6 Å². The van der Waals surface area contributed by atoms with Crippen molar-refractivity contribution in [2.75, 3.05) is 13.7 Å². The van der Waals surface area contributed by atoms with E-state index in [2.05, 4.69) is 5.32 Å². The van der Waals surface area contributed by atoms with Crippen molar-refractivity contribution >= 4 is 11.9 Å². The minimum absolute atomic E-state index is 0.137. The molecule has 0 aliphatic rings. The first kappa shape index (κ1) is 18.7. The van der Waals surface area contributed by atoms with Crippen molar-refractivity contribution in [3.63, 3.8) is 0 Å². The highest BCUT2D eigenvalue weighted by Crippen LogP contribution is 2.19. The van der Waals surface area contributed by atoms with Crippen LogP contribution in [0.2, 0.25) is 0 Å². The minimum atomic E-state index is -0.980. The number of hydrogen-bond acceptors (Lipinski definition) is 3. The van der Waals surface area contributed by atoms with Crippen LogP contribution in [0.1, 0.15) is 18.9 Å². The van der Waals surface area contributed by atoms with Gasteiger partial charge in [0.25, 0.3) is 0 Å². The normalized spacial score (nSPS) is 13.0. The minimum Gasteiger partial charge on any atom is -0.481 e. The smallest absolute Gasteiger partial charge is 0.305 e. The first-order valence-electron chi connectivity index (χ1n) is 8.08. The summed E-state index contributed by atoms with van der Waals surface area (Å²) in [6.45, 7) is 1.80. The van der Waals surface area contributed by atoms with Crippen molar-refractivity contribution in [3.8, 4) is 11.1 Å². The number of nitrogens with one attached hydrogen (secondary N) is 1. The number of carbonyl (C=O) groups excluding carboxylic acids is 1. The highest BCUT2D eigenvalue weighted by molar-refractivity contribution is 5.80. The molecular weight excluding hydrogens is 318 g/mol. The molecule has 25 heavy (non-hydrogen) atoms. The summed E-state index contributed by atoms with van der Waals surface area (Å²) in [5.41, 5.74) is 2.14. The molecule has 2 aromatic carbocycles. The van der Waals surface area contributed by atoms with E-state index in [1.54, 1.807) is 6.92 Å². The lowest BCUT2D eigenvalue weighted by molar-refractivity contribution is -0.139. The fourth-order valence-electron chi connectivity index (χ4n) is 2.80. The molecule has 5 nitrogen and oxygen atoms in total. The van der Waals surface area contributed by atoms with Gasteiger partial charge in [-0.25, -0.2) is 0 Å². The van der Waals surface area contributed by atoms with Gasteiger partial charge < -0.3 is 15.2 Å². The molecule has 2 aromatic rings. The molecule has 0 aliphatic heterocycles. The van der Waals surface area contributed by atoms with Gasteiger partial charge in [-0.05, 0) is 23.6 Å². The predicted octanol–water partition coefficient (Wildman–Crippen LogP) is 2.89. The largest absolute Gasteiger partial charge is 0.481 e.